The van der Waals surface area contributed by atoms with Crippen molar-refractivity contribution in [2.45, 2.75) is 26.2 Å². The molecular formula is C21H16ClN7. The number of hydrogen-bond acceptors (Lipinski definition) is 6. The molecule has 0 aliphatic carbocycles. The number of unbranched alkanes of at least 4 members (excludes halogenated alkanes) is 1. The molecule has 7 nitrogen and oxygen atoms in total. The summed E-state index contributed by atoms with van der Waals surface area (Å²) in [6, 6.07) is 16.5. The Morgan fingerprint density at radius 2 is 1.69 bits per heavy atom. The molecule has 1 heterocycles. The summed E-state index contributed by atoms with van der Waals surface area (Å²) in [5.41, 5.74) is 3.09. The van der Waals surface area contributed by atoms with Crippen LogP contribution < -0.4 is 5.32 Å². The molecule has 1 N–H and O–H groups in total. The van der Waals surface area contributed by atoms with E-state index in [1.165, 1.54) is 10.4 Å². The second-order valence-corrected chi connectivity index (χ2v) is 6.70. The number of fused-ring (bicyclic) bond motifs is 1. The Morgan fingerprint density at radius 3 is 2.28 bits per heavy atom. The molecule has 29 heavy (non-hydrogen) atoms. The van der Waals surface area contributed by atoms with Crippen LogP contribution in [-0.2, 0) is 6.42 Å². The molecule has 3 rings (SSSR count). The van der Waals surface area contributed by atoms with Gasteiger partial charge in [-0.25, -0.2) is 0 Å². The molecule has 0 aliphatic heterocycles. The fourth-order valence-electron chi connectivity index (χ4n) is 2.74. The number of aromatic nitrogens is 3. The van der Waals surface area contributed by atoms with Crippen LogP contribution in [0.1, 0.15) is 25.3 Å². The number of halogens is 1. The molecule has 0 unspecified atom stereocenters. The minimum atomic E-state index is -0.324. The number of nitrogens with one attached hydrogen (secondary N) is 1. The summed E-state index contributed by atoms with van der Waals surface area (Å²) in [6.45, 7) is 2.17. The fraction of sp³-hybridized carbons (Fsp3) is 0.190. The summed E-state index contributed by atoms with van der Waals surface area (Å²) in [7, 11) is 0. The van der Waals surface area contributed by atoms with Gasteiger partial charge in [-0.05, 0) is 42.7 Å². The maximum atomic E-state index is 9.21. The highest BCUT2D eigenvalue weighted by molar-refractivity contribution is 6.34. The van der Waals surface area contributed by atoms with Crippen LogP contribution in [0, 0.1) is 34.0 Å². The molecule has 0 saturated heterocycles. The Labute approximate surface area is 173 Å². The van der Waals surface area contributed by atoms with Crippen LogP contribution in [0.2, 0.25) is 5.02 Å². The van der Waals surface area contributed by atoms with Gasteiger partial charge in [0, 0.05) is 0 Å². The maximum absolute atomic E-state index is 9.21. The summed E-state index contributed by atoms with van der Waals surface area (Å²) in [6.07, 6.45) is 3.34. The molecule has 0 amide bonds. The van der Waals surface area contributed by atoms with Gasteiger partial charge < -0.3 is 5.32 Å². The third kappa shape index (κ3) is 4.35. The van der Waals surface area contributed by atoms with Gasteiger partial charge in [0.05, 0.1) is 16.4 Å². The lowest BCUT2D eigenvalue weighted by Crippen LogP contribution is -2.01. The monoisotopic (exact) mass is 401 g/mol. The zero-order valence-electron chi connectivity index (χ0n) is 15.6. The Kier molecular flexibility index (Phi) is 6.09. The standard InChI is InChI=1S/C21H16ClN7/c1-2-3-4-14-5-7-16(8-6-14)29-27-19-9-17(22)18(10-20(19)28-29)26-21(13-25)15(11-23)12-24/h5-10,26H,2-4H2,1H3. The van der Waals surface area contributed by atoms with Crippen LogP contribution in [0.15, 0.2) is 47.7 Å². The van der Waals surface area contributed by atoms with Crippen molar-refractivity contribution in [2.24, 2.45) is 0 Å². The molecule has 0 atom stereocenters. The van der Waals surface area contributed by atoms with Gasteiger partial charge >= 0.3 is 0 Å². The number of benzene rings is 2. The van der Waals surface area contributed by atoms with E-state index in [0.717, 1.165) is 24.9 Å². The van der Waals surface area contributed by atoms with Crippen molar-refractivity contribution in [1.29, 1.82) is 15.8 Å². The number of anilines is 1. The zero-order valence-corrected chi connectivity index (χ0v) is 16.4. The largest absolute Gasteiger partial charge is 0.344 e. The Balaban J connectivity index is 1.94. The van der Waals surface area contributed by atoms with E-state index in [-0.39, 0.29) is 11.3 Å². The number of hydrogen-bond donors (Lipinski definition) is 1. The van der Waals surface area contributed by atoms with Crippen LogP contribution in [0.25, 0.3) is 16.7 Å². The van der Waals surface area contributed by atoms with Crippen LogP contribution in [-0.4, -0.2) is 15.0 Å². The van der Waals surface area contributed by atoms with E-state index in [2.05, 4.69) is 34.6 Å². The first-order chi connectivity index (χ1) is 14.1. The minimum Gasteiger partial charge on any atom is -0.344 e. The van der Waals surface area contributed by atoms with Crippen molar-refractivity contribution in [3.63, 3.8) is 0 Å². The highest BCUT2D eigenvalue weighted by Gasteiger charge is 2.13. The van der Waals surface area contributed by atoms with E-state index in [9.17, 15) is 5.26 Å². The molecule has 0 radical (unpaired) electrons. The molecule has 0 fully saturated rings. The van der Waals surface area contributed by atoms with E-state index < -0.39 is 0 Å². The molecular weight excluding hydrogens is 386 g/mol. The van der Waals surface area contributed by atoms with Gasteiger partial charge in [0.1, 0.15) is 34.9 Å². The molecule has 3 aromatic rings. The van der Waals surface area contributed by atoms with E-state index in [4.69, 9.17) is 22.1 Å². The van der Waals surface area contributed by atoms with Gasteiger partial charge in [0.25, 0.3) is 0 Å². The molecule has 0 spiro atoms. The van der Waals surface area contributed by atoms with Gasteiger partial charge in [0.15, 0.2) is 5.57 Å². The molecule has 8 heteroatoms. The molecule has 2 aromatic carbocycles. The second kappa shape index (κ2) is 8.89. The van der Waals surface area contributed by atoms with Gasteiger partial charge in [-0.15, -0.1) is 10.2 Å². The van der Waals surface area contributed by atoms with E-state index >= 15 is 0 Å². The fourth-order valence-corrected chi connectivity index (χ4v) is 2.95. The van der Waals surface area contributed by atoms with Crippen molar-refractivity contribution < 1.29 is 0 Å². The second-order valence-electron chi connectivity index (χ2n) is 6.29. The third-order valence-electron chi connectivity index (χ3n) is 4.30. The summed E-state index contributed by atoms with van der Waals surface area (Å²) < 4.78 is 0. The normalized spacial score (nSPS) is 10.0. The van der Waals surface area contributed by atoms with Crippen molar-refractivity contribution in [1.82, 2.24) is 15.0 Å². The van der Waals surface area contributed by atoms with Gasteiger partial charge in [-0.1, -0.05) is 37.1 Å². The van der Waals surface area contributed by atoms with E-state index in [1.54, 1.807) is 30.3 Å². The lowest BCUT2D eigenvalue weighted by atomic mass is 10.1. The highest BCUT2D eigenvalue weighted by Crippen LogP contribution is 2.28. The summed E-state index contributed by atoms with van der Waals surface area (Å²) in [5, 5.41) is 39.1. The van der Waals surface area contributed by atoms with Crippen LogP contribution in [0.3, 0.4) is 0 Å². The quantitative estimate of drug-likeness (QED) is 0.601. The topological polar surface area (TPSA) is 114 Å². The van der Waals surface area contributed by atoms with Gasteiger partial charge in [-0.2, -0.15) is 20.6 Å². The third-order valence-corrected chi connectivity index (χ3v) is 4.61. The SMILES string of the molecule is CCCCc1ccc(-n2nc3cc(Cl)c(NC(C#N)=C(C#N)C#N)cc3n2)cc1. The zero-order chi connectivity index (χ0) is 20.8. The van der Waals surface area contributed by atoms with Gasteiger partial charge in [0.2, 0.25) is 0 Å². The molecule has 1 aromatic heterocycles. The molecule has 142 valence electrons. The predicted octanol–water partition coefficient (Wildman–Crippen LogP) is 4.65. The summed E-state index contributed by atoms with van der Waals surface area (Å²) >= 11 is 6.28. The van der Waals surface area contributed by atoms with Crippen molar-refractivity contribution in [3.8, 4) is 23.9 Å². The average molecular weight is 402 g/mol. The lowest BCUT2D eigenvalue weighted by Gasteiger charge is -2.06. The van der Waals surface area contributed by atoms with Crippen LogP contribution >= 0.6 is 11.6 Å². The number of nitriles is 3. The van der Waals surface area contributed by atoms with Gasteiger partial charge in [-0.3, -0.25) is 0 Å². The number of rotatable bonds is 6. The smallest absolute Gasteiger partial charge is 0.163 e. The molecule has 0 saturated carbocycles. The van der Waals surface area contributed by atoms with Crippen molar-refractivity contribution in [2.75, 3.05) is 5.32 Å². The number of aryl methyl sites for hydroxylation is 1. The molecule has 0 bridgehead atoms. The lowest BCUT2D eigenvalue weighted by molar-refractivity contribution is 0.762. The van der Waals surface area contributed by atoms with Crippen LogP contribution in [0.4, 0.5) is 5.69 Å². The predicted molar refractivity (Wildman–Crippen MR) is 110 cm³/mol. The first-order valence-corrected chi connectivity index (χ1v) is 9.35. The van der Waals surface area contributed by atoms with E-state index in [1.807, 2.05) is 12.1 Å². The Bertz CT molecular complexity index is 1190. The molecule has 0 aliphatic rings. The van der Waals surface area contributed by atoms with Crippen molar-refractivity contribution >= 4 is 28.3 Å². The highest BCUT2D eigenvalue weighted by atomic mass is 35.5. The first kappa shape index (κ1) is 19.9. The summed E-state index contributed by atoms with van der Waals surface area (Å²) in [5.74, 6) is 0. The Morgan fingerprint density at radius 1 is 1.03 bits per heavy atom. The van der Waals surface area contributed by atoms with E-state index in [0.29, 0.717) is 21.7 Å². The first-order valence-electron chi connectivity index (χ1n) is 8.97. The minimum absolute atomic E-state index is 0.175. The van der Waals surface area contributed by atoms with Crippen molar-refractivity contribution in [3.05, 3.63) is 58.3 Å². The maximum Gasteiger partial charge on any atom is 0.163 e. The van der Waals surface area contributed by atoms with Crippen LogP contribution in [0.5, 0.6) is 0 Å². The Hall–Kier alpha value is -3.86. The average Bonchev–Trinajstić information content (AvgIpc) is 3.15. The number of allylic oxidation sites excluding steroid dienone is 2. The summed E-state index contributed by atoms with van der Waals surface area (Å²) in [4.78, 5) is 1.52. The number of nitrogens with zero attached hydrogens (tertiary/aromatic N) is 6.